The highest BCUT2D eigenvalue weighted by atomic mass is 35.5. The summed E-state index contributed by atoms with van der Waals surface area (Å²) >= 11 is 5.80. The third kappa shape index (κ3) is 3.11. The van der Waals surface area contributed by atoms with Crippen LogP contribution in [0.3, 0.4) is 0 Å². The lowest BCUT2D eigenvalue weighted by atomic mass is 10.1. The second kappa shape index (κ2) is 5.38. The van der Waals surface area contributed by atoms with Crippen LogP contribution in [0.25, 0.3) is 0 Å². The van der Waals surface area contributed by atoms with Crippen LogP contribution in [0.2, 0.25) is 5.02 Å². The molecule has 1 aromatic rings. The van der Waals surface area contributed by atoms with E-state index in [2.05, 4.69) is 5.32 Å². The van der Waals surface area contributed by atoms with Crippen LogP contribution in [0.1, 0.15) is 23.2 Å². The molecular formula is C12H15ClN2O2. The van der Waals surface area contributed by atoms with Gasteiger partial charge in [0.15, 0.2) is 0 Å². The fourth-order valence-corrected chi connectivity index (χ4v) is 1.91. The van der Waals surface area contributed by atoms with Crippen molar-refractivity contribution in [2.45, 2.75) is 18.9 Å². The number of carbonyl (C=O) groups is 1. The molecule has 1 saturated heterocycles. The summed E-state index contributed by atoms with van der Waals surface area (Å²) in [4.78, 5) is 11.9. The smallest absolute Gasteiger partial charge is 0.251 e. The van der Waals surface area contributed by atoms with E-state index in [0.29, 0.717) is 29.5 Å². The quantitative estimate of drug-likeness (QED) is 0.792. The zero-order chi connectivity index (χ0) is 12.3. The highest BCUT2D eigenvalue weighted by Gasteiger charge is 2.17. The highest BCUT2D eigenvalue weighted by Crippen LogP contribution is 2.19. The van der Waals surface area contributed by atoms with Gasteiger partial charge in [-0.05, 0) is 31.0 Å². The van der Waals surface area contributed by atoms with E-state index >= 15 is 0 Å². The Morgan fingerprint density at radius 3 is 2.76 bits per heavy atom. The van der Waals surface area contributed by atoms with Crippen LogP contribution in [0.5, 0.6) is 0 Å². The van der Waals surface area contributed by atoms with Crippen molar-refractivity contribution in [3.63, 3.8) is 0 Å². The first-order chi connectivity index (χ1) is 8.16. The topological polar surface area (TPSA) is 64.4 Å². The molecule has 17 heavy (non-hydrogen) atoms. The van der Waals surface area contributed by atoms with Gasteiger partial charge < -0.3 is 15.8 Å². The molecule has 0 spiro atoms. The van der Waals surface area contributed by atoms with Crippen molar-refractivity contribution in [2.24, 2.45) is 0 Å². The Bertz CT molecular complexity index is 417. The molecule has 3 N–H and O–H groups in total. The maximum atomic E-state index is 11.9. The van der Waals surface area contributed by atoms with Crippen LogP contribution in [0.15, 0.2) is 18.2 Å². The summed E-state index contributed by atoms with van der Waals surface area (Å²) in [6, 6.07) is 5.09. The van der Waals surface area contributed by atoms with E-state index in [1.54, 1.807) is 18.2 Å². The number of carbonyl (C=O) groups excluding carboxylic acids is 1. The van der Waals surface area contributed by atoms with E-state index < -0.39 is 0 Å². The van der Waals surface area contributed by atoms with Crippen molar-refractivity contribution in [3.05, 3.63) is 28.8 Å². The van der Waals surface area contributed by atoms with E-state index in [9.17, 15) is 4.79 Å². The Labute approximate surface area is 105 Å². The summed E-state index contributed by atoms with van der Waals surface area (Å²) in [7, 11) is 0. The standard InChI is InChI=1S/C12H15ClN2O2/c13-10-2-1-8(7-11(10)14)12(16)15-9-3-5-17-6-4-9/h1-2,7,9H,3-6,14H2,(H,15,16). The molecule has 0 unspecified atom stereocenters. The molecule has 1 aromatic carbocycles. The highest BCUT2D eigenvalue weighted by molar-refractivity contribution is 6.33. The molecule has 1 amide bonds. The Hall–Kier alpha value is -1.26. The summed E-state index contributed by atoms with van der Waals surface area (Å²) in [5, 5.41) is 3.43. The second-order valence-corrected chi connectivity index (χ2v) is 4.50. The molecule has 0 bridgehead atoms. The van der Waals surface area contributed by atoms with Crippen molar-refractivity contribution in [3.8, 4) is 0 Å². The van der Waals surface area contributed by atoms with Crippen LogP contribution < -0.4 is 11.1 Å². The number of ether oxygens (including phenoxy) is 1. The summed E-state index contributed by atoms with van der Waals surface area (Å²) in [6.45, 7) is 1.40. The van der Waals surface area contributed by atoms with Gasteiger partial charge >= 0.3 is 0 Å². The molecule has 0 radical (unpaired) electrons. The van der Waals surface area contributed by atoms with Gasteiger partial charge in [-0.2, -0.15) is 0 Å². The number of nitrogen functional groups attached to an aromatic ring is 1. The monoisotopic (exact) mass is 254 g/mol. The lowest BCUT2D eigenvalue weighted by molar-refractivity contribution is 0.0696. The number of hydrogen-bond acceptors (Lipinski definition) is 3. The van der Waals surface area contributed by atoms with Crippen molar-refractivity contribution in [2.75, 3.05) is 18.9 Å². The maximum Gasteiger partial charge on any atom is 0.251 e. The molecule has 92 valence electrons. The predicted octanol–water partition coefficient (Wildman–Crippen LogP) is 1.83. The van der Waals surface area contributed by atoms with Gasteiger partial charge in [0.2, 0.25) is 0 Å². The fourth-order valence-electron chi connectivity index (χ4n) is 1.80. The van der Waals surface area contributed by atoms with Crippen molar-refractivity contribution >= 4 is 23.2 Å². The van der Waals surface area contributed by atoms with E-state index in [4.69, 9.17) is 22.1 Å². The largest absolute Gasteiger partial charge is 0.398 e. The average Bonchev–Trinajstić information content (AvgIpc) is 2.34. The Balaban J connectivity index is 2.01. The van der Waals surface area contributed by atoms with Gasteiger partial charge in [0.05, 0.1) is 10.7 Å². The van der Waals surface area contributed by atoms with E-state index in [1.807, 2.05) is 0 Å². The molecule has 1 aliphatic rings. The molecule has 0 aliphatic carbocycles. The summed E-state index contributed by atoms with van der Waals surface area (Å²) in [6.07, 6.45) is 1.71. The first kappa shape index (κ1) is 12.2. The van der Waals surface area contributed by atoms with Gasteiger partial charge in [0, 0.05) is 24.8 Å². The number of amides is 1. The number of benzene rings is 1. The van der Waals surface area contributed by atoms with Crippen molar-refractivity contribution in [1.29, 1.82) is 0 Å². The molecule has 4 nitrogen and oxygen atoms in total. The molecule has 1 heterocycles. The third-order valence-electron chi connectivity index (χ3n) is 2.81. The summed E-state index contributed by atoms with van der Waals surface area (Å²) in [5.74, 6) is -0.111. The minimum Gasteiger partial charge on any atom is -0.398 e. The maximum absolute atomic E-state index is 11.9. The number of hydrogen-bond donors (Lipinski definition) is 2. The number of halogens is 1. The first-order valence-corrected chi connectivity index (χ1v) is 5.98. The second-order valence-electron chi connectivity index (χ2n) is 4.10. The molecule has 0 aromatic heterocycles. The number of nitrogens with one attached hydrogen (secondary N) is 1. The lowest BCUT2D eigenvalue weighted by Crippen LogP contribution is -2.38. The van der Waals surface area contributed by atoms with Crippen LogP contribution in [0, 0.1) is 0 Å². The van der Waals surface area contributed by atoms with Gasteiger partial charge in [0.25, 0.3) is 5.91 Å². The van der Waals surface area contributed by atoms with Crippen LogP contribution in [-0.4, -0.2) is 25.2 Å². The molecule has 2 rings (SSSR count). The Kier molecular flexibility index (Phi) is 3.86. The summed E-state index contributed by atoms with van der Waals surface area (Å²) < 4.78 is 5.23. The van der Waals surface area contributed by atoms with Gasteiger partial charge in [-0.15, -0.1) is 0 Å². The molecule has 1 fully saturated rings. The van der Waals surface area contributed by atoms with E-state index in [-0.39, 0.29) is 11.9 Å². The van der Waals surface area contributed by atoms with Gasteiger partial charge in [-0.3, -0.25) is 4.79 Å². The van der Waals surface area contributed by atoms with Crippen LogP contribution >= 0.6 is 11.6 Å². The molecule has 5 heteroatoms. The summed E-state index contributed by atoms with van der Waals surface area (Å²) in [5.41, 5.74) is 6.62. The van der Waals surface area contributed by atoms with Crippen molar-refractivity contribution < 1.29 is 9.53 Å². The van der Waals surface area contributed by atoms with Gasteiger partial charge in [-0.25, -0.2) is 0 Å². The number of nitrogens with two attached hydrogens (primary N) is 1. The average molecular weight is 255 g/mol. The van der Waals surface area contributed by atoms with Gasteiger partial charge in [-0.1, -0.05) is 11.6 Å². The lowest BCUT2D eigenvalue weighted by Gasteiger charge is -2.23. The molecular weight excluding hydrogens is 240 g/mol. The number of anilines is 1. The van der Waals surface area contributed by atoms with Crippen LogP contribution in [0.4, 0.5) is 5.69 Å². The Morgan fingerprint density at radius 2 is 2.12 bits per heavy atom. The minimum atomic E-state index is -0.111. The minimum absolute atomic E-state index is 0.111. The molecule has 0 saturated carbocycles. The zero-order valence-corrected chi connectivity index (χ0v) is 10.2. The zero-order valence-electron chi connectivity index (χ0n) is 9.41. The SMILES string of the molecule is Nc1cc(C(=O)NC2CCOCC2)ccc1Cl. The van der Waals surface area contributed by atoms with E-state index in [0.717, 1.165) is 12.8 Å². The van der Waals surface area contributed by atoms with E-state index in [1.165, 1.54) is 0 Å². The molecule has 1 aliphatic heterocycles. The fraction of sp³-hybridized carbons (Fsp3) is 0.417. The Morgan fingerprint density at radius 1 is 1.41 bits per heavy atom. The normalized spacial score (nSPS) is 16.8. The van der Waals surface area contributed by atoms with Crippen molar-refractivity contribution in [1.82, 2.24) is 5.32 Å². The third-order valence-corrected chi connectivity index (χ3v) is 3.16. The van der Waals surface area contributed by atoms with Crippen LogP contribution in [-0.2, 0) is 4.74 Å². The molecule has 0 atom stereocenters. The number of rotatable bonds is 2. The predicted molar refractivity (Wildman–Crippen MR) is 67.2 cm³/mol. The van der Waals surface area contributed by atoms with Gasteiger partial charge in [0.1, 0.15) is 0 Å². The first-order valence-electron chi connectivity index (χ1n) is 5.60.